The Morgan fingerprint density at radius 2 is 2.10 bits per heavy atom. The van der Waals surface area contributed by atoms with E-state index in [0.717, 1.165) is 50.3 Å². The highest BCUT2D eigenvalue weighted by molar-refractivity contribution is 6.31. The van der Waals surface area contributed by atoms with E-state index >= 15 is 0 Å². The molecule has 10 heteroatoms. The molecule has 7 atom stereocenters. The van der Waals surface area contributed by atoms with Gasteiger partial charge in [-0.3, -0.25) is 20.3 Å². The number of rotatable bonds is 6. The van der Waals surface area contributed by atoms with Crippen LogP contribution in [0.5, 0.6) is 0 Å². The molecule has 2 N–H and O–H groups in total. The number of hydrogen-bond donors (Lipinski definition) is 2. The second-order valence-electron chi connectivity index (χ2n) is 13.3. The fourth-order valence-corrected chi connectivity index (χ4v) is 8.80. The molecule has 0 aromatic heterocycles. The van der Waals surface area contributed by atoms with Gasteiger partial charge in [-0.2, -0.15) is 5.26 Å². The smallest absolute Gasteiger partial charge is 0.246 e. The molecular formula is C32H46ClN7O2. The molecule has 1 saturated carbocycles. The number of amides is 1. The average molecular weight is 596 g/mol. The maximum absolute atomic E-state index is 12.6. The number of carbonyl (C=O) groups excluding carboxylic acids is 1. The summed E-state index contributed by atoms with van der Waals surface area (Å²) < 4.78 is 6.58. The Bertz CT molecular complexity index is 1210. The first-order valence-corrected chi connectivity index (χ1v) is 16.0. The van der Waals surface area contributed by atoms with Crippen molar-refractivity contribution in [3.63, 3.8) is 0 Å². The van der Waals surface area contributed by atoms with E-state index in [4.69, 9.17) is 16.3 Å². The Balaban J connectivity index is 1.23. The first-order chi connectivity index (χ1) is 20.3. The van der Waals surface area contributed by atoms with Crippen LogP contribution in [-0.2, 0) is 16.0 Å². The highest BCUT2D eigenvalue weighted by Gasteiger charge is 2.51. The van der Waals surface area contributed by atoms with E-state index in [1.807, 2.05) is 11.0 Å². The number of piperazine rings is 1. The number of nitriles is 1. The summed E-state index contributed by atoms with van der Waals surface area (Å²) in [6.07, 6.45) is 8.23. The topological polar surface area (TPSA) is 87.1 Å². The Morgan fingerprint density at radius 3 is 2.86 bits per heavy atom. The van der Waals surface area contributed by atoms with Crippen LogP contribution in [-0.4, -0.2) is 105 Å². The molecule has 3 saturated heterocycles. The number of likely N-dealkylation sites (N-methyl/N-ethyl adjacent to an activating group) is 1. The van der Waals surface area contributed by atoms with Gasteiger partial charge < -0.3 is 19.4 Å². The molecule has 42 heavy (non-hydrogen) atoms. The van der Waals surface area contributed by atoms with Crippen molar-refractivity contribution in [2.45, 2.75) is 75.6 Å². The van der Waals surface area contributed by atoms with E-state index in [1.165, 1.54) is 30.2 Å². The predicted molar refractivity (Wildman–Crippen MR) is 165 cm³/mol. The highest BCUT2D eigenvalue weighted by Crippen LogP contribution is 2.49. The normalized spacial score (nSPS) is 35.5. The van der Waals surface area contributed by atoms with Crippen LogP contribution in [0.15, 0.2) is 30.9 Å². The fourth-order valence-electron chi connectivity index (χ4n) is 8.57. The SMILES string of the molecule is C=CC(=O)N1CCN(C2NC(OCC3CCCN3C)NC3C[C@]4(CCC32)Cc2c(Cl)cccc2N(C)C4)CC1CC#N. The number of halogens is 1. The summed E-state index contributed by atoms with van der Waals surface area (Å²) in [5.41, 5.74) is 2.68. The van der Waals surface area contributed by atoms with Gasteiger partial charge in [-0.25, -0.2) is 0 Å². The van der Waals surface area contributed by atoms with Crippen LogP contribution >= 0.6 is 11.6 Å². The third kappa shape index (κ3) is 5.82. The molecule has 0 radical (unpaired) electrons. The van der Waals surface area contributed by atoms with Crippen molar-refractivity contribution >= 4 is 23.2 Å². The van der Waals surface area contributed by atoms with E-state index in [0.29, 0.717) is 38.1 Å². The van der Waals surface area contributed by atoms with Crippen molar-refractivity contribution in [2.75, 3.05) is 58.3 Å². The number of nitrogens with zero attached hydrogens (tertiary/aromatic N) is 5. The molecule has 4 fully saturated rings. The maximum atomic E-state index is 12.6. The standard InChI is InChI=1S/C32H46ClN7O2/c1-4-29(41)40-16-15-39(19-22(40)11-13-34)30-24-10-12-32(17-25-26(33)8-5-9-28(25)38(3)21-32)18-27(24)35-31(36-30)42-20-23-7-6-14-37(23)2/h4-5,8-9,22-24,27,30-31,35-36H,1,6-7,10-12,14-21H2,2-3H3/t22?,23?,24?,27?,30?,31?,32-/m0/s1. The second kappa shape index (κ2) is 12.4. The zero-order valence-corrected chi connectivity index (χ0v) is 25.9. The van der Waals surface area contributed by atoms with Gasteiger partial charge >= 0.3 is 0 Å². The molecule has 1 aliphatic carbocycles. The monoisotopic (exact) mass is 595 g/mol. The van der Waals surface area contributed by atoms with Gasteiger partial charge in [-0.1, -0.05) is 24.2 Å². The van der Waals surface area contributed by atoms with Crippen molar-refractivity contribution in [3.8, 4) is 6.07 Å². The van der Waals surface area contributed by atoms with Gasteiger partial charge in [-0.15, -0.1) is 0 Å². The molecule has 9 nitrogen and oxygen atoms in total. The summed E-state index contributed by atoms with van der Waals surface area (Å²) >= 11 is 6.75. The minimum absolute atomic E-state index is 0.0899. The van der Waals surface area contributed by atoms with Gasteiger partial charge in [0.2, 0.25) is 5.91 Å². The molecule has 1 aromatic carbocycles. The minimum Gasteiger partial charge on any atom is -0.374 e. The lowest BCUT2D eigenvalue weighted by Crippen LogP contribution is -2.73. The number of hydrogen-bond acceptors (Lipinski definition) is 8. The van der Waals surface area contributed by atoms with E-state index in [2.05, 4.69) is 64.2 Å². The molecule has 1 spiro atoms. The summed E-state index contributed by atoms with van der Waals surface area (Å²) in [7, 11) is 4.39. The van der Waals surface area contributed by atoms with E-state index < -0.39 is 0 Å². The van der Waals surface area contributed by atoms with Crippen molar-refractivity contribution in [3.05, 3.63) is 41.4 Å². The summed E-state index contributed by atoms with van der Waals surface area (Å²) in [4.78, 5) is 21.7. The molecule has 1 aromatic rings. The molecule has 5 aliphatic rings. The van der Waals surface area contributed by atoms with Gasteiger partial charge in [-0.05, 0) is 81.3 Å². The third-order valence-electron chi connectivity index (χ3n) is 10.7. The minimum atomic E-state index is -0.250. The third-order valence-corrected chi connectivity index (χ3v) is 11.1. The summed E-state index contributed by atoms with van der Waals surface area (Å²) in [5, 5.41) is 18.2. The van der Waals surface area contributed by atoms with Crippen molar-refractivity contribution in [2.24, 2.45) is 11.3 Å². The van der Waals surface area contributed by atoms with E-state index in [1.54, 1.807) is 0 Å². The van der Waals surface area contributed by atoms with Crippen molar-refractivity contribution < 1.29 is 9.53 Å². The summed E-state index contributed by atoms with van der Waals surface area (Å²) in [6.45, 7) is 8.56. The summed E-state index contributed by atoms with van der Waals surface area (Å²) in [6, 6.07) is 9.17. The Kier molecular flexibility index (Phi) is 8.84. The van der Waals surface area contributed by atoms with Crippen molar-refractivity contribution in [1.82, 2.24) is 25.3 Å². The fraction of sp³-hybridized carbons (Fsp3) is 0.688. The molecular weight excluding hydrogens is 550 g/mol. The van der Waals surface area contributed by atoms with Crippen LogP contribution in [0.2, 0.25) is 5.02 Å². The average Bonchev–Trinajstić information content (AvgIpc) is 3.40. The maximum Gasteiger partial charge on any atom is 0.246 e. The number of ether oxygens (including phenoxy) is 1. The summed E-state index contributed by atoms with van der Waals surface area (Å²) in [5.74, 6) is 0.305. The zero-order chi connectivity index (χ0) is 29.4. The van der Waals surface area contributed by atoms with E-state index in [9.17, 15) is 10.1 Å². The molecule has 228 valence electrons. The Hall–Kier alpha value is -2.19. The van der Waals surface area contributed by atoms with Gasteiger partial charge in [0.25, 0.3) is 0 Å². The quantitative estimate of drug-likeness (QED) is 0.486. The number of benzene rings is 1. The van der Waals surface area contributed by atoms with Crippen molar-refractivity contribution in [1.29, 1.82) is 5.26 Å². The van der Waals surface area contributed by atoms with E-state index in [-0.39, 0.29) is 35.9 Å². The number of fused-ring (bicyclic) bond motifs is 2. The van der Waals surface area contributed by atoms with Gasteiger partial charge in [0.1, 0.15) is 0 Å². The predicted octanol–water partition coefficient (Wildman–Crippen LogP) is 3.01. The van der Waals surface area contributed by atoms with Crippen LogP contribution in [0.4, 0.5) is 5.69 Å². The number of carbonyl (C=O) groups is 1. The molecule has 6 rings (SSSR count). The first-order valence-electron chi connectivity index (χ1n) is 15.7. The lowest BCUT2D eigenvalue weighted by atomic mass is 9.62. The lowest BCUT2D eigenvalue weighted by molar-refractivity contribution is -0.137. The first kappa shape index (κ1) is 29.9. The lowest BCUT2D eigenvalue weighted by Gasteiger charge is -2.57. The molecule has 4 aliphatic heterocycles. The van der Waals surface area contributed by atoms with Crippen LogP contribution in [0, 0.1) is 22.7 Å². The number of likely N-dealkylation sites (tertiary alicyclic amines) is 1. The number of nitrogens with one attached hydrogen (secondary N) is 2. The largest absolute Gasteiger partial charge is 0.374 e. The van der Waals surface area contributed by atoms with Gasteiger partial charge in [0, 0.05) is 61.9 Å². The van der Waals surface area contributed by atoms with Crippen LogP contribution in [0.3, 0.4) is 0 Å². The van der Waals surface area contributed by atoms with Gasteiger partial charge in [0.05, 0.1) is 31.3 Å². The van der Waals surface area contributed by atoms with Gasteiger partial charge in [0.15, 0.2) is 6.35 Å². The molecule has 6 unspecified atom stereocenters. The zero-order valence-electron chi connectivity index (χ0n) is 25.1. The van der Waals surface area contributed by atoms with Crippen LogP contribution in [0.25, 0.3) is 0 Å². The second-order valence-corrected chi connectivity index (χ2v) is 13.7. The van der Waals surface area contributed by atoms with Crippen LogP contribution in [0.1, 0.15) is 44.1 Å². The van der Waals surface area contributed by atoms with Crippen LogP contribution < -0.4 is 15.5 Å². The molecule has 4 heterocycles. The number of anilines is 1. The highest BCUT2D eigenvalue weighted by atomic mass is 35.5. The Labute approximate surface area is 255 Å². The molecule has 1 amide bonds. The molecule has 0 bridgehead atoms. The Morgan fingerprint density at radius 1 is 1.24 bits per heavy atom.